The number of benzene rings is 1. The minimum Gasteiger partial charge on any atom is -0.369 e. The number of para-hydroxylation sites is 2. The Morgan fingerprint density at radius 3 is 2.69 bits per heavy atom. The third-order valence-electron chi connectivity index (χ3n) is 5.34. The second kappa shape index (κ2) is 6.48. The van der Waals surface area contributed by atoms with Crippen LogP contribution in [0.3, 0.4) is 0 Å². The first-order chi connectivity index (χ1) is 12.6. The van der Waals surface area contributed by atoms with E-state index in [2.05, 4.69) is 27.8 Å². The molecule has 4 rings (SSSR count). The van der Waals surface area contributed by atoms with Crippen molar-refractivity contribution in [2.45, 2.75) is 38.1 Å². The minimum atomic E-state index is -0.645. The number of rotatable bonds is 3. The molecule has 7 heteroatoms. The van der Waals surface area contributed by atoms with E-state index in [9.17, 15) is 9.59 Å². The van der Waals surface area contributed by atoms with Crippen molar-refractivity contribution in [1.82, 2.24) is 15.1 Å². The molecule has 7 nitrogen and oxygen atoms in total. The van der Waals surface area contributed by atoms with Crippen molar-refractivity contribution in [3.05, 3.63) is 41.7 Å². The molecule has 0 unspecified atom stereocenters. The van der Waals surface area contributed by atoms with Gasteiger partial charge in [-0.15, -0.1) is 0 Å². The number of hydrogen-bond acceptors (Lipinski definition) is 4. The third-order valence-corrected chi connectivity index (χ3v) is 5.34. The Morgan fingerprint density at radius 1 is 1.23 bits per heavy atom. The smallest absolute Gasteiger partial charge is 0.257 e. The summed E-state index contributed by atoms with van der Waals surface area (Å²) in [6, 6.07) is 7.71. The number of amides is 2. The molecule has 1 fully saturated rings. The van der Waals surface area contributed by atoms with Gasteiger partial charge in [0.1, 0.15) is 5.54 Å². The van der Waals surface area contributed by atoms with E-state index in [1.807, 2.05) is 29.2 Å². The topological polar surface area (TPSA) is 90.1 Å². The number of nitrogens with zero attached hydrogens (tertiary/aromatic N) is 2. The molecular formula is C19H23N5O2. The normalized spacial score (nSPS) is 18.2. The van der Waals surface area contributed by atoms with Gasteiger partial charge in [0.2, 0.25) is 5.91 Å². The molecule has 1 saturated heterocycles. The van der Waals surface area contributed by atoms with Crippen LogP contribution in [0.25, 0.3) is 0 Å². The average Bonchev–Trinajstić information content (AvgIpc) is 3.11. The lowest BCUT2D eigenvalue weighted by Gasteiger charge is -2.44. The number of likely N-dealkylation sites (tertiary alicyclic amines) is 1. The second-order valence-electron chi connectivity index (χ2n) is 7.01. The molecule has 2 aliphatic rings. The zero-order chi connectivity index (χ0) is 18.1. The highest BCUT2D eigenvalue weighted by atomic mass is 16.2. The SMILES string of the molecule is CCCc1[nH]ncc1C(=O)N1CCC2(CC1)Nc1ccccc1NC2=O. The molecule has 26 heavy (non-hydrogen) atoms. The number of aromatic amines is 1. The number of carbonyl (C=O) groups is 2. The van der Waals surface area contributed by atoms with Gasteiger partial charge in [0.15, 0.2) is 0 Å². The first-order valence-corrected chi connectivity index (χ1v) is 9.13. The number of piperidine rings is 1. The van der Waals surface area contributed by atoms with Gasteiger partial charge in [-0.1, -0.05) is 25.5 Å². The van der Waals surface area contributed by atoms with E-state index in [4.69, 9.17) is 0 Å². The van der Waals surface area contributed by atoms with Gasteiger partial charge in [0.05, 0.1) is 23.1 Å². The van der Waals surface area contributed by atoms with Crippen LogP contribution in [0.5, 0.6) is 0 Å². The number of nitrogens with one attached hydrogen (secondary N) is 3. The maximum Gasteiger partial charge on any atom is 0.257 e. The van der Waals surface area contributed by atoms with Crippen molar-refractivity contribution in [2.75, 3.05) is 23.7 Å². The Balaban J connectivity index is 1.48. The number of carbonyl (C=O) groups excluding carboxylic acids is 2. The van der Waals surface area contributed by atoms with Gasteiger partial charge in [0.25, 0.3) is 5.91 Å². The van der Waals surface area contributed by atoms with E-state index in [1.165, 1.54) is 0 Å². The molecule has 0 radical (unpaired) electrons. The molecule has 2 amide bonds. The highest BCUT2D eigenvalue weighted by Gasteiger charge is 2.45. The maximum atomic E-state index is 12.9. The summed E-state index contributed by atoms with van der Waals surface area (Å²) in [4.78, 5) is 27.4. The molecule has 0 aliphatic carbocycles. The number of H-pyrrole nitrogens is 1. The summed E-state index contributed by atoms with van der Waals surface area (Å²) in [5.74, 6) is -0.0213. The van der Waals surface area contributed by atoms with Gasteiger partial charge in [-0.05, 0) is 31.4 Å². The van der Waals surface area contributed by atoms with Crippen molar-refractivity contribution in [2.24, 2.45) is 0 Å². The van der Waals surface area contributed by atoms with Crippen LogP contribution in [0.4, 0.5) is 11.4 Å². The number of aromatic nitrogens is 2. The van der Waals surface area contributed by atoms with Gasteiger partial charge in [-0.2, -0.15) is 5.10 Å². The lowest BCUT2D eigenvalue weighted by molar-refractivity contribution is -0.122. The Labute approximate surface area is 152 Å². The van der Waals surface area contributed by atoms with Crippen LogP contribution in [0.15, 0.2) is 30.5 Å². The summed E-state index contributed by atoms with van der Waals surface area (Å²) in [6.07, 6.45) is 4.54. The van der Waals surface area contributed by atoms with E-state index >= 15 is 0 Å². The molecule has 0 saturated carbocycles. The lowest BCUT2D eigenvalue weighted by Crippen LogP contribution is -2.59. The van der Waals surface area contributed by atoms with E-state index in [-0.39, 0.29) is 11.8 Å². The standard InChI is InChI=1S/C19H23N5O2/c1-2-5-14-13(12-20-23-14)17(25)24-10-8-19(9-11-24)18(26)21-15-6-3-4-7-16(15)22-19/h3-4,6-7,12,22H,2,5,8-11H2,1H3,(H,20,23)(H,21,26). The molecule has 1 spiro atoms. The van der Waals surface area contributed by atoms with Crippen molar-refractivity contribution >= 4 is 23.2 Å². The van der Waals surface area contributed by atoms with Crippen molar-refractivity contribution in [1.29, 1.82) is 0 Å². The predicted octanol–water partition coefficient (Wildman–Crippen LogP) is 2.40. The van der Waals surface area contributed by atoms with Crippen LogP contribution in [0.1, 0.15) is 42.2 Å². The summed E-state index contributed by atoms with van der Waals surface area (Å²) in [6.45, 7) is 3.15. The minimum absolute atomic E-state index is 0.00586. The molecular weight excluding hydrogens is 330 g/mol. The quantitative estimate of drug-likeness (QED) is 0.790. The van der Waals surface area contributed by atoms with Crippen molar-refractivity contribution < 1.29 is 9.59 Å². The van der Waals surface area contributed by atoms with Crippen LogP contribution in [-0.4, -0.2) is 45.5 Å². The first-order valence-electron chi connectivity index (χ1n) is 9.13. The number of anilines is 2. The van der Waals surface area contributed by atoms with Crippen molar-refractivity contribution in [3.8, 4) is 0 Å². The lowest BCUT2D eigenvalue weighted by atomic mass is 9.84. The van der Waals surface area contributed by atoms with Crippen LogP contribution in [0.2, 0.25) is 0 Å². The summed E-state index contributed by atoms with van der Waals surface area (Å²) < 4.78 is 0. The highest BCUT2D eigenvalue weighted by molar-refractivity contribution is 6.06. The molecule has 2 aromatic rings. The van der Waals surface area contributed by atoms with Gasteiger partial charge >= 0.3 is 0 Å². The Morgan fingerprint density at radius 2 is 1.96 bits per heavy atom. The van der Waals surface area contributed by atoms with Crippen LogP contribution in [-0.2, 0) is 11.2 Å². The van der Waals surface area contributed by atoms with Crippen LogP contribution in [0, 0.1) is 0 Å². The first kappa shape index (κ1) is 16.6. The number of fused-ring (bicyclic) bond motifs is 1. The number of hydrogen-bond donors (Lipinski definition) is 3. The summed E-state index contributed by atoms with van der Waals surface area (Å²) in [5, 5.41) is 13.4. The average molecular weight is 353 g/mol. The fourth-order valence-electron chi connectivity index (χ4n) is 3.81. The molecule has 1 aromatic heterocycles. The van der Waals surface area contributed by atoms with Crippen LogP contribution >= 0.6 is 0 Å². The zero-order valence-corrected chi connectivity index (χ0v) is 14.8. The monoisotopic (exact) mass is 353 g/mol. The van der Waals surface area contributed by atoms with E-state index < -0.39 is 5.54 Å². The summed E-state index contributed by atoms with van der Waals surface area (Å²) >= 11 is 0. The van der Waals surface area contributed by atoms with Gasteiger partial charge in [0, 0.05) is 18.8 Å². The van der Waals surface area contributed by atoms with E-state index in [0.717, 1.165) is 29.9 Å². The molecule has 1 aromatic carbocycles. The van der Waals surface area contributed by atoms with Crippen LogP contribution < -0.4 is 10.6 Å². The molecule has 0 atom stereocenters. The fraction of sp³-hybridized carbons (Fsp3) is 0.421. The third kappa shape index (κ3) is 2.73. The predicted molar refractivity (Wildman–Crippen MR) is 99.1 cm³/mol. The highest BCUT2D eigenvalue weighted by Crippen LogP contribution is 2.36. The number of aryl methyl sites for hydroxylation is 1. The maximum absolute atomic E-state index is 12.9. The second-order valence-corrected chi connectivity index (χ2v) is 7.01. The Hall–Kier alpha value is -2.83. The van der Waals surface area contributed by atoms with E-state index in [1.54, 1.807) is 6.20 Å². The summed E-state index contributed by atoms with van der Waals surface area (Å²) in [5.41, 5.74) is 2.64. The Bertz CT molecular complexity index is 836. The largest absolute Gasteiger partial charge is 0.369 e. The molecule has 2 aliphatic heterocycles. The fourth-order valence-corrected chi connectivity index (χ4v) is 3.81. The van der Waals surface area contributed by atoms with Gasteiger partial charge < -0.3 is 15.5 Å². The molecule has 3 heterocycles. The van der Waals surface area contributed by atoms with Gasteiger partial charge in [-0.25, -0.2) is 0 Å². The molecule has 136 valence electrons. The zero-order valence-electron chi connectivity index (χ0n) is 14.8. The van der Waals surface area contributed by atoms with Gasteiger partial charge in [-0.3, -0.25) is 14.7 Å². The molecule has 3 N–H and O–H groups in total. The van der Waals surface area contributed by atoms with Crippen molar-refractivity contribution in [3.63, 3.8) is 0 Å². The van der Waals surface area contributed by atoms with E-state index in [0.29, 0.717) is 31.5 Å². The summed E-state index contributed by atoms with van der Waals surface area (Å²) in [7, 11) is 0. The molecule has 0 bridgehead atoms. The Kier molecular flexibility index (Phi) is 4.14.